The van der Waals surface area contributed by atoms with Crippen LogP contribution in [0.4, 0.5) is 5.69 Å². The minimum atomic E-state index is -0.552. The van der Waals surface area contributed by atoms with Crippen molar-refractivity contribution in [1.29, 1.82) is 5.26 Å². The number of carbonyl (C=O) groups excluding carboxylic acids is 1. The van der Waals surface area contributed by atoms with Crippen LogP contribution in [0.25, 0.3) is 28.7 Å². The SMILES string of the molecule is CCOC(=O)c1ccc(-c2ccc(/C=c3/s/c(=C(/C#N)C(O)=Nc4cccc(Cl)c4)n(-c4ccccc4)c3=O)o2)cc1. The zero-order valence-electron chi connectivity index (χ0n) is 22.2. The molecule has 0 atom stereocenters. The number of carbonyl (C=O) groups is 1. The van der Waals surface area contributed by atoms with Crippen molar-refractivity contribution in [2.45, 2.75) is 6.92 Å². The van der Waals surface area contributed by atoms with E-state index in [-0.39, 0.29) is 21.4 Å². The topological polar surface area (TPSA) is 118 Å². The molecule has 0 aliphatic carbocycles. The van der Waals surface area contributed by atoms with Crippen LogP contribution in [0, 0.1) is 11.3 Å². The number of rotatable bonds is 7. The Morgan fingerprint density at radius 3 is 2.55 bits per heavy atom. The molecule has 0 saturated heterocycles. The van der Waals surface area contributed by atoms with Crippen LogP contribution in [0.1, 0.15) is 23.0 Å². The summed E-state index contributed by atoms with van der Waals surface area (Å²) in [6.07, 6.45) is 1.58. The molecule has 3 aromatic carbocycles. The van der Waals surface area contributed by atoms with Crippen molar-refractivity contribution in [3.05, 3.63) is 127 Å². The first-order chi connectivity index (χ1) is 20.4. The van der Waals surface area contributed by atoms with Gasteiger partial charge in [-0.25, -0.2) is 9.79 Å². The molecule has 8 nitrogen and oxygen atoms in total. The average molecular weight is 596 g/mol. The molecule has 5 aromatic rings. The summed E-state index contributed by atoms with van der Waals surface area (Å²) in [5.41, 5.74) is 1.45. The number of ether oxygens (including phenoxy) is 1. The third-order valence-electron chi connectivity index (χ3n) is 6.01. The normalized spacial score (nSPS) is 12.6. The van der Waals surface area contributed by atoms with Gasteiger partial charge in [-0.1, -0.05) is 48.0 Å². The van der Waals surface area contributed by atoms with Crippen molar-refractivity contribution < 1.29 is 19.1 Å². The van der Waals surface area contributed by atoms with Crippen molar-refractivity contribution in [3.8, 4) is 23.1 Å². The molecule has 0 aliphatic heterocycles. The van der Waals surface area contributed by atoms with Crippen LogP contribution in [0.3, 0.4) is 0 Å². The summed E-state index contributed by atoms with van der Waals surface area (Å²) in [6, 6.07) is 27.6. The summed E-state index contributed by atoms with van der Waals surface area (Å²) in [7, 11) is 0. The Balaban J connectivity index is 1.61. The Bertz CT molecular complexity index is 2020. The Kier molecular flexibility index (Phi) is 8.48. The minimum absolute atomic E-state index is 0.178. The van der Waals surface area contributed by atoms with Gasteiger partial charge >= 0.3 is 5.97 Å². The van der Waals surface area contributed by atoms with Crippen LogP contribution in [-0.4, -0.2) is 28.1 Å². The zero-order chi connectivity index (χ0) is 29.6. The number of aliphatic imine (C=N–C) groups is 1. The predicted octanol–water partition coefficient (Wildman–Crippen LogP) is 5.78. The molecule has 0 saturated carbocycles. The standard InChI is InChI=1S/C32H22ClN3O5S/c1-2-40-32(39)21-13-11-20(12-14-21)27-16-15-25(41-27)18-28-30(38)36(24-9-4-3-5-10-24)31(42-28)26(19-34)29(37)35-23-8-6-7-22(33)17-23/h3-18H,2H2,1H3,(H,35,37)/b28-18+,31-26-. The molecule has 10 heteroatoms. The van der Waals surface area contributed by atoms with Gasteiger partial charge in [0.1, 0.15) is 27.8 Å². The van der Waals surface area contributed by atoms with Gasteiger partial charge in [-0.15, -0.1) is 11.3 Å². The Morgan fingerprint density at radius 1 is 1.10 bits per heavy atom. The average Bonchev–Trinajstić information content (AvgIpc) is 3.58. The molecule has 42 heavy (non-hydrogen) atoms. The molecular weight excluding hydrogens is 574 g/mol. The Morgan fingerprint density at radius 2 is 1.86 bits per heavy atom. The van der Waals surface area contributed by atoms with Crippen LogP contribution in [0.15, 0.2) is 105 Å². The number of aromatic nitrogens is 1. The van der Waals surface area contributed by atoms with Crippen molar-refractivity contribution in [3.63, 3.8) is 0 Å². The molecule has 0 fully saturated rings. The summed E-state index contributed by atoms with van der Waals surface area (Å²) < 4.78 is 12.8. The molecule has 5 rings (SSSR count). The monoisotopic (exact) mass is 595 g/mol. The van der Waals surface area contributed by atoms with Gasteiger partial charge in [0.25, 0.3) is 5.56 Å². The van der Waals surface area contributed by atoms with E-state index in [0.717, 1.165) is 16.9 Å². The maximum absolute atomic E-state index is 13.7. The van der Waals surface area contributed by atoms with Gasteiger partial charge in [0, 0.05) is 16.7 Å². The third kappa shape index (κ3) is 6.10. The molecule has 0 amide bonds. The van der Waals surface area contributed by atoms with Gasteiger partial charge in [0.15, 0.2) is 0 Å². The van der Waals surface area contributed by atoms with E-state index in [0.29, 0.717) is 33.5 Å². The number of benzene rings is 3. The second kappa shape index (κ2) is 12.6. The lowest BCUT2D eigenvalue weighted by atomic mass is 10.1. The molecule has 0 spiro atoms. The fourth-order valence-corrected chi connectivity index (χ4v) is 5.34. The van der Waals surface area contributed by atoms with Gasteiger partial charge in [-0.3, -0.25) is 9.36 Å². The van der Waals surface area contributed by atoms with E-state index in [2.05, 4.69) is 4.99 Å². The lowest BCUT2D eigenvalue weighted by Gasteiger charge is -2.03. The van der Waals surface area contributed by atoms with E-state index in [1.807, 2.05) is 12.1 Å². The lowest BCUT2D eigenvalue weighted by molar-refractivity contribution is 0.0526. The number of halogens is 1. The fraction of sp³-hybridized carbons (Fsp3) is 0.0625. The number of hydrogen-bond acceptors (Lipinski definition) is 7. The van der Waals surface area contributed by atoms with Gasteiger partial charge < -0.3 is 14.3 Å². The molecule has 1 N–H and O–H groups in total. The number of hydrogen-bond donors (Lipinski definition) is 1. The first-order valence-corrected chi connectivity index (χ1v) is 13.9. The van der Waals surface area contributed by atoms with Gasteiger partial charge in [0.05, 0.1) is 28.1 Å². The lowest BCUT2D eigenvalue weighted by Crippen LogP contribution is -2.31. The van der Waals surface area contributed by atoms with E-state index in [1.165, 1.54) is 4.57 Å². The van der Waals surface area contributed by atoms with Crippen molar-refractivity contribution >= 4 is 52.1 Å². The van der Waals surface area contributed by atoms with Crippen molar-refractivity contribution in [2.75, 3.05) is 6.61 Å². The van der Waals surface area contributed by atoms with Crippen LogP contribution in [0.5, 0.6) is 0 Å². The van der Waals surface area contributed by atoms with Crippen molar-refractivity contribution in [2.24, 2.45) is 4.99 Å². The van der Waals surface area contributed by atoms with Gasteiger partial charge in [-0.2, -0.15) is 5.26 Å². The molecule has 0 bridgehead atoms. The molecule has 208 valence electrons. The predicted molar refractivity (Wildman–Crippen MR) is 163 cm³/mol. The van der Waals surface area contributed by atoms with Crippen LogP contribution in [-0.2, 0) is 4.74 Å². The summed E-state index contributed by atoms with van der Waals surface area (Å²) in [5.74, 6) is -0.0194. The second-order valence-electron chi connectivity index (χ2n) is 8.79. The maximum Gasteiger partial charge on any atom is 0.338 e. The highest BCUT2D eigenvalue weighted by Crippen LogP contribution is 2.23. The number of aliphatic hydroxyl groups excluding tert-OH is 1. The molecule has 0 radical (unpaired) electrons. The maximum atomic E-state index is 13.7. The molecular formula is C32H22ClN3O5S. The number of furan rings is 1. The van der Waals surface area contributed by atoms with E-state index in [4.69, 9.17) is 20.8 Å². The second-order valence-corrected chi connectivity index (χ2v) is 10.3. The highest BCUT2D eigenvalue weighted by Gasteiger charge is 2.16. The third-order valence-corrected chi connectivity index (χ3v) is 7.34. The largest absolute Gasteiger partial charge is 0.492 e. The van der Waals surface area contributed by atoms with E-state index < -0.39 is 17.4 Å². The zero-order valence-corrected chi connectivity index (χ0v) is 23.7. The Hall–Kier alpha value is -5.17. The summed E-state index contributed by atoms with van der Waals surface area (Å²) in [5, 5.41) is 21.3. The number of esters is 1. The highest BCUT2D eigenvalue weighted by molar-refractivity contribution is 7.07. The van der Waals surface area contributed by atoms with E-state index in [1.54, 1.807) is 97.9 Å². The van der Waals surface area contributed by atoms with Crippen molar-refractivity contribution in [1.82, 2.24) is 4.57 Å². The van der Waals surface area contributed by atoms with Gasteiger partial charge in [-0.05, 0) is 61.5 Å². The van der Waals surface area contributed by atoms with Crippen LogP contribution < -0.4 is 14.8 Å². The smallest absolute Gasteiger partial charge is 0.338 e. The fourth-order valence-electron chi connectivity index (χ4n) is 4.08. The number of para-hydroxylation sites is 1. The number of aliphatic hydroxyl groups is 1. The van der Waals surface area contributed by atoms with Crippen LogP contribution in [0.2, 0.25) is 5.02 Å². The summed E-state index contributed by atoms with van der Waals surface area (Å²) >= 11 is 7.06. The highest BCUT2D eigenvalue weighted by atomic mass is 35.5. The molecule has 2 aromatic heterocycles. The first-order valence-electron chi connectivity index (χ1n) is 12.7. The van der Waals surface area contributed by atoms with E-state index >= 15 is 0 Å². The quantitative estimate of drug-likeness (QED) is 0.145. The summed E-state index contributed by atoms with van der Waals surface area (Å²) in [4.78, 5) is 29.8. The Labute approximate surface area is 249 Å². The van der Waals surface area contributed by atoms with E-state index in [9.17, 15) is 20.0 Å². The minimum Gasteiger partial charge on any atom is -0.492 e. The number of nitrogens with zero attached hydrogens (tertiary/aromatic N) is 3. The van der Waals surface area contributed by atoms with Crippen LogP contribution >= 0.6 is 22.9 Å². The van der Waals surface area contributed by atoms with Gasteiger partial charge in [0.2, 0.25) is 5.90 Å². The molecule has 2 heterocycles. The molecule has 0 aliphatic rings. The molecule has 0 unspecified atom stereocenters. The number of thiazole rings is 1. The number of nitriles is 1. The summed E-state index contributed by atoms with van der Waals surface area (Å²) in [6.45, 7) is 2.03. The first kappa shape index (κ1) is 28.4.